The molecule has 1 aromatic carbocycles. The van der Waals surface area contributed by atoms with Crippen molar-refractivity contribution < 1.29 is 14.6 Å². The monoisotopic (exact) mass is 286 g/mol. The quantitative estimate of drug-likeness (QED) is 0.939. The summed E-state index contributed by atoms with van der Waals surface area (Å²) in [5.74, 6) is -0.0755. The number of fused-ring (bicyclic) bond motifs is 1. The number of aromatic carboxylic acids is 1. The highest BCUT2D eigenvalue weighted by Gasteiger charge is 2.22. The van der Waals surface area contributed by atoms with Crippen molar-refractivity contribution in [3.05, 3.63) is 36.0 Å². The van der Waals surface area contributed by atoms with Gasteiger partial charge in [0, 0.05) is 37.2 Å². The first-order valence-electron chi connectivity index (χ1n) is 7.09. The Morgan fingerprint density at radius 1 is 1.29 bits per heavy atom. The summed E-state index contributed by atoms with van der Waals surface area (Å²) in [5.41, 5.74) is 0.251. The number of pyridine rings is 1. The smallest absolute Gasteiger partial charge is 0.337 e. The van der Waals surface area contributed by atoms with Crippen molar-refractivity contribution in [3.8, 4) is 0 Å². The summed E-state index contributed by atoms with van der Waals surface area (Å²) in [4.78, 5) is 17.9. The van der Waals surface area contributed by atoms with Gasteiger partial charge in [-0.1, -0.05) is 24.3 Å². The van der Waals surface area contributed by atoms with Crippen LogP contribution in [0.1, 0.15) is 23.2 Å². The van der Waals surface area contributed by atoms with E-state index in [1.165, 1.54) is 6.20 Å². The number of benzene rings is 1. The number of piperidine rings is 1. The van der Waals surface area contributed by atoms with Crippen molar-refractivity contribution in [2.45, 2.75) is 18.9 Å². The van der Waals surface area contributed by atoms with Crippen LogP contribution in [-0.4, -0.2) is 42.4 Å². The molecule has 21 heavy (non-hydrogen) atoms. The highest BCUT2D eigenvalue weighted by atomic mass is 16.5. The zero-order valence-corrected chi connectivity index (χ0v) is 12.0. The fourth-order valence-electron chi connectivity index (χ4n) is 2.90. The minimum atomic E-state index is -0.941. The third kappa shape index (κ3) is 2.56. The van der Waals surface area contributed by atoms with E-state index in [0.717, 1.165) is 42.5 Å². The largest absolute Gasteiger partial charge is 0.478 e. The van der Waals surface area contributed by atoms with Gasteiger partial charge in [0.25, 0.3) is 0 Å². The highest BCUT2D eigenvalue weighted by Crippen LogP contribution is 2.29. The minimum absolute atomic E-state index is 0.251. The summed E-state index contributed by atoms with van der Waals surface area (Å²) in [6.45, 7) is 1.75. The second kappa shape index (κ2) is 5.69. The van der Waals surface area contributed by atoms with Gasteiger partial charge in [-0.15, -0.1) is 0 Å². The number of ether oxygens (including phenoxy) is 1. The summed E-state index contributed by atoms with van der Waals surface area (Å²) in [5, 5.41) is 10.9. The van der Waals surface area contributed by atoms with E-state index >= 15 is 0 Å². The zero-order chi connectivity index (χ0) is 14.8. The molecule has 1 fully saturated rings. The van der Waals surface area contributed by atoms with Gasteiger partial charge in [-0.2, -0.15) is 0 Å². The van der Waals surface area contributed by atoms with Crippen LogP contribution >= 0.6 is 0 Å². The molecule has 5 nitrogen and oxygen atoms in total. The zero-order valence-electron chi connectivity index (χ0n) is 12.0. The van der Waals surface area contributed by atoms with Gasteiger partial charge < -0.3 is 14.7 Å². The number of carbonyl (C=O) groups is 1. The summed E-state index contributed by atoms with van der Waals surface area (Å²) >= 11 is 0. The lowest BCUT2D eigenvalue weighted by molar-refractivity contribution is 0.0698. The van der Waals surface area contributed by atoms with Crippen LogP contribution in [0.15, 0.2) is 30.5 Å². The molecule has 1 N–H and O–H groups in total. The first-order chi connectivity index (χ1) is 10.2. The third-order valence-electron chi connectivity index (χ3n) is 4.08. The number of methoxy groups -OCH3 is 1. The number of hydrogen-bond acceptors (Lipinski definition) is 4. The van der Waals surface area contributed by atoms with E-state index in [9.17, 15) is 9.90 Å². The molecule has 0 radical (unpaired) electrons. The molecule has 0 atom stereocenters. The molecule has 1 aliphatic rings. The SMILES string of the molecule is COC1CCN(c2ncc(C(=O)O)c3ccccc23)CC1. The van der Waals surface area contributed by atoms with E-state index < -0.39 is 5.97 Å². The number of carboxylic acids is 1. The van der Waals surface area contributed by atoms with Crippen LogP contribution < -0.4 is 4.90 Å². The maximum absolute atomic E-state index is 11.3. The highest BCUT2D eigenvalue weighted by molar-refractivity contribution is 6.06. The Labute approximate surface area is 123 Å². The summed E-state index contributed by atoms with van der Waals surface area (Å²) in [6, 6.07) is 7.55. The van der Waals surface area contributed by atoms with E-state index in [-0.39, 0.29) is 5.56 Å². The lowest BCUT2D eigenvalue weighted by Crippen LogP contribution is -2.37. The molecule has 0 aliphatic carbocycles. The van der Waals surface area contributed by atoms with Gasteiger partial charge in [-0.05, 0) is 12.8 Å². The molecule has 1 aromatic heterocycles. The molecular weight excluding hydrogens is 268 g/mol. The molecule has 110 valence electrons. The number of anilines is 1. The molecule has 0 spiro atoms. The molecule has 2 heterocycles. The van der Waals surface area contributed by atoms with Gasteiger partial charge >= 0.3 is 5.97 Å². The molecule has 3 rings (SSSR count). The molecule has 5 heteroatoms. The van der Waals surface area contributed by atoms with Crippen LogP contribution in [0.2, 0.25) is 0 Å². The normalized spacial score (nSPS) is 16.3. The lowest BCUT2D eigenvalue weighted by atomic mass is 10.0. The topological polar surface area (TPSA) is 62.7 Å². The van der Waals surface area contributed by atoms with E-state index in [1.807, 2.05) is 24.3 Å². The van der Waals surface area contributed by atoms with Crippen molar-refractivity contribution in [1.82, 2.24) is 4.98 Å². The van der Waals surface area contributed by atoms with Gasteiger partial charge in [0.2, 0.25) is 0 Å². The van der Waals surface area contributed by atoms with E-state index in [4.69, 9.17) is 4.74 Å². The van der Waals surface area contributed by atoms with Gasteiger partial charge in [0.1, 0.15) is 5.82 Å². The standard InChI is InChI=1S/C16H18N2O3/c1-21-11-6-8-18(9-7-11)15-13-5-3-2-4-12(13)14(10-17-15)16(19)20/h2-5,10-11H,6-9H2,1H3,(H,19,20). The fraction of sp³-hybridized carbons (Fsp3) is 0.375. The Balaban J connectivity index is 2.00. The number of rotatable bonds is 3. The van der Waals surface area contributed by atoms with Gasteiger partial charge in [-0.3, -0.25) is 0 Å². The van der Waals surface area contributed by atoms with E-state index in [2.05, 4.69) is 9.88 Å². The maximum Gasteiger partial charge on any atom is 0.337 e. The van der Waals surface area contributed by atoms with Crippen molar-refractivity contribution in [1.29, 1.82) is 0 Å². The molecule has 0 unspecified atom stereocenters. The second-order valence-electron chi connectivity index (χ2n) is 5.27. The Hall–Kier alpha value is -2.14. The molecule has 0 bridgehead atoms. The number of nitrogens with zero attached hydrogens (tertiary/aromatic N) is 2. The Morgan fingerprint density at radius 2 is 1.95 bits per heavy atom. The van der Waals surface area contributed by atoms with Crippen molar-refractivity contribution >= 4 is 22.6 Å². The minimum Gasteiger partial charge on any atom is -0.478 e. The Kier molecular flexibility index (Phi) is 3.75. The summed E-state index contributed by atoms with van der Waals surface area (Å²) in [7, 11) is 1.75. The molecule has 2 aromatic rings. The Bertz CT molecular complexity index is 664. The third-order valence-corrected chi connectivity index (χ3v) is 4.08. The van der Waals surface area contributed by atoms with Crippen LogP contribution in [0.3, 0.4) is 0 Å². The molecular formula is C16H18N2O3. The molecule has 0 amide bonds. The molecule has 1 aliphatic heterocycles. The van der Waals surface area contributed by atoms with Gasteiger partial charge in [0.05, 0.1) is 11.7 Å². The number of carboxylic acid groups (broad SMARTS) is 1. The average molecular weight is 286 g/mol. The molecule has 0 saturated carbocycles. The van der Waals surface area contributed by atoms with Gasteiger partial charge in [-0.25, -0.2) is 9.78 Å². The van der Waals surface area contributed by atoms with Crippen LogP contribution in [-0.2, 0) is 4.74 Å². The Morgan fingerprint density at radius 3 is 2.57 bits per heavy atom. The van der Waals surface area contributed by atoms with Gasteiger partial charge in [0.15, 0.2) is 0 Å². The molecule has 1 saturated heterocycles. The predicted molar refractivity (Wildman–Crippen MR) is 80.9 cm³/mol. The van der Waals surface area contributed by atoms with Crippen LogP contribution in [0.5, 0.6) is 0 Å². The average Bonchev–Trinajstić information content (AvgIpc) is 2.54. The van der Waals surface area contributed by atoms with Crippen molar-refractivity contribution in [2.75, 3.05) is 25.1 Å². The van der Waals surface area contributed by atoms with Crippen molar-refractivity contribution in [3.63, 3.8) is 0 Å². The predicted octanol–water partition coefficient (Wildman–Crippen LogP) is 2.55. The van der Waals surface area contributed by atoms with E-state index in [1.54, 1.807) is 7.11 Å². The second-order valence-corrected chi connectivity index (χ2v) is 5.27. The van der Waals surface area contributed by atoms with Crippen LogP contribution in [0.25, 0.3) is 10.8 Å². The summed E-state index contributed by atoms with van der Waals surface area (Å²) in [6.07, 6.45) is 3.70. The number of hydrogen-bond donors (Lipinski definition) is 1. The lowest BCUT2D eigenvalue weighted by Gasteiger charge is -2.32. The number of aromatic nitrogens is 1. The fourth-order valence-corrected chi connectivity index (χ4v) is 2.90. The van der Waals surface area contributed by atoms with E-state index in [0.29, 0.717) is 6.10 Å². The first kappa shape index (κ1) is 13.8. The summed E-state index contributed by atoms with van der Waals surface area (Å²) < 4.78 is 5.39. The van der Waals surface area contributed by atoms with Crippen molar-refractivity contribution in [2.24, 2.45) is 0 Å². The maximum atomic E-state index is 11.3. The first-order valence-corrected chi connectivity index (χ1v) is 7.09. The van der Waals surface area contributed by atoms with Crippen LogP contribution in [0.4, 0.5) is 5.82 Å². The van der Waals surface area contributed by atoms with Crippen LogP contribution in [0, 0.1) is 0 Å².